The summed E-state index contributed by atoms with van der Waals surface area (Å²) in [6, 6.07) is 7.88. The van der Waals surface area contributed by atoms with Crippen molar-refractivity contribution in [2.45, 2.75) is 6.54 Å². The van der Waals surface area contributed by atoms with E-state index in [0.29, 0.717) is 11.7 Å². The van der Waals surface area contributed by atoms with Gasteiger partial charge >= 0.3 is 0 Å². The Hall–Kier alpha value is -0.840. The lowest BCUT2D eigenvalue weighted by atomic mass is 10.2. The quantitative estimate of drug-likeness (QED) is 0.926. The molecule has 0 aliphatic heterocycles. The normalized spacial score (nSPS) is 10.8. The van der Waals surface area contributed by atoms with Crippen molar-refractivity contribution in [2.24, 2.45) is 12.8 Å². The van der Waals surface area contributed by atoms with E-state index in [1.165, 1.54) is 0 Å². The third-order valence-electron chi connectivity index (χ3n) is 2.47. The first kappa shape index (κ1) is 11.6. The number of aromatic nitrogens is 2. The van der Waals surface area contributed by atoms with Crippen LogP contribution in [0.2, 0.25) is 5.15 Å². The van der Waals surface area contributed by atoms with Crippen LogP contribution >= 0.6 is 27.5 Å². The molecule has 1 heterocycles. The number of nitrogens with two attached hydrogens (primary N) is 1. The lowest BCUT2D eigenvalue weighted by Gasteiger charge is -2.05. The van der Waals surface area contributed by atoms with Gasteiger partial charge in [-0.3, -0.25) is 0 Å². The summed E-state index contributed by atoms with van der Waals surface area (Å²) < 4.78 is 2.91. The molecule has 0 radical (unpaired) electrons. The van der Waals surface area contributed by atoms with Crippen molar-refractivity contribution in [3.63, 3.8) is 0 Å². The van der Waals surface area contributed by atoms with Crippen LogP contribution in [0.15, 0.2) is 28.7 Å². The highest BCUT2D eigenvalue weighted by Crippen LogP contribution is 2.29. The van der Waals surface area contributed by atoms with E-state index in [2.05, 4.69) is 20.9 Å². The highest BCUT2D eigenvalue weighted by Gasteiger charge is 2.14. The number of nitrogens with zero attached hydrogens (tertiary/aromatic N) is 2. The smallest absolute Gasteiger partial charge is 0.152 e. The second-order valence-corrected chi connectivity index (χ2v) is 4.63. The predicted octanol–water partition coefficient (Wildman–Crippen LogP) is 2.96. The van der Waals surface area contributed by atoms with Crippen LogP contribution < -0.4 is 5.73 Å². The third kappa shape index (κ3) is 1.88. The van der Waals surface area contributed by atoms with Crippen LogP contribution in [-0.2, 0) is 13.6 Å². The maximum Gasteiger partial charge on any atom is 0.152 e. The Morgan fingerprint density at radius 2 is 2.12 bits per heavy atom. The summed E-state index contributed by atoms with van der Waals surface area (Å²) in [6.45, 7) is 0.382. The van der Waals surface area contributed by atoms with Crippen molar-refractivity contribution in [3.8, 4) is 11.4 Å². The number of hydrogen-bond donors (Lipinski definition) is 1. The van der Waals surface area contributed by atoms with E-state index in [9.17, 15) is 0 Å². The molecule has 2 N–H and O–H groups in total. The van der Waals surface area contributed by atoms with Gasteiger partial charge in [-0.05, 0) is 6.07 Å². The minimum Gasteiger partial charge on any atom is -0.329 e. The van der Waals surface area contributed by atoms with Crippen LogP contribution in [0.1, 0.15) is 5.69 Å². The molecule has 2 rings (SSSR count). The van der Waals surface area contributed by atoms with E-state index in [-0.39, 0.29) is 0 Å². The Morgan fingerprint density at radius 1 is 1.44 bits per heavy atom. The lowest BCUT2D eigenvalue weighted by molar-refractivity contribution is 0.828. The van der Waals surface area contributed by atoms with E-state index in [1.807, 2.05) is 35.9 Å². The predicted molar refractivity (Wildman–Crippen MR) is 69.2 cm³/mol. The molecule has 0 fully saturated rings. The first-order valence-corrected chi connectivity index (χ1v) is 5.98. The molecule has 0 aliphatic carbocycles. The molecule has 0 unspecified atom stereocenters. The number of hydrogen-bond acceptors (Lipinski definition) is 2. The van der Waals surface area contributed by atoms with Crippen molar-refractivity contribution in [3.05, 3.63) is 39.6 Å². The van der Waals surface area contributed by atoms with Crippen LogP contribution in [-0.4, -0.2) is 9.55 Å². The summed E-state index contributed by atoms with van der Waals surface area (Å²) >= 11 is 9.52. The molecule has 16 heavy (non-hydrogen) atoms. The molecule has 0 saturated carbocycles. The number of halogens is 2. The van der Waals surface area contributed by atoms with Crippen molar-refractivity contribution < 1.29 is 0 Å². The Morgan fingerprint density at radius 3 is 2.69 bits per heavy atom. The van der Waals surface area contributed by atoms with Crippen molar-refractivity contribution in [1.29, 1.82) is 0 Å². The summed E-state index contributed by atoms with van der Waals surface area (Å²) in [5.74, 6) is 0.818. The van der Waals surface area contributed by atoms with Gasteiger partial charge in [0.1, 0.15) is 5.82 Å². The summed E-state index contributed by atoms with van der Waals surface area (Å²) in [5, 5.41) is 0.468. The lowest BCUT2D eigenvalue weighted by Crippen LogP contribution is -2.04. The largest absolute Gasteiger partial charge is 0.329 e. The van der Waals surface area contributed by atoms with Crippen LogP contribution in [0.4, 0.5) is 0 Å². The van der Waals surface area contributed by atoms with Gasteiger partial charge in [-0.2, -0.15) is 0 Å². The van der Waals surface area contributed by atoms with Gasteiger partial charge < -0.3 is 10.3 Å². The molecule has 5 heteroatoms. The molecule has 2 aromatic rings. The van der Waals surface area contributed by atoms with Crippen LogP contribution in [0.25, 0.3) is 11.4 Å². The molecule has 0 aliphatic rings. The molecular weight excluding hydrogens is 289 g/mol. The minimum atomic E-state index is 0.382. The average molecular weight is 301 g/mol. The minimum absolute atomic E-state index is 0.382. The Bertz CT molecular complexity index is 522. The number of imidazole rings is 1. The van der Waals surface area contributed by atoms with E-state index in [4.69, 9.17) is 17.3 Å². The molecule has 0 amide bonds. The Balaban J connectivity index is 2.62. The zero-order chi connectivity index (χ0) is 11.7. The second-order valence-electron chi connectivity index (χ2n) is 3.42. The van der Waals surface area contributed by atoms with Crippen LogP contribution in [0.5, 0.6) is 0 Å². The van der Waals surface area contributed by atoms with Gasteiger partial charge in [-0.15, -0.1) is 0 Å². The highest BCUT2D eigenvalue weighted by atomic mass is 79.9. The first-order valence-electron chi connectivity index (χ1n) is 4.81. The van der Waals surface area contributed by atoms with Gasteiger partial charge in [0.25, 0.3) is 0 Å². The van der Waals surface area contributed by atoms with E-state index < -0.39 is 0 Å². The SMILES string of the molecule is Cn1c(-c2ccccc2Br)nc(Cl)c1CN. The summed E-state index contributed by atoms with van der Waals surface area (Å²) in [7, 11) is 1.91. The van der Waals surface area contributed by atoms with Gasteiger partial charge in [-0.1, -0.05) is 45.7 Å². The fourth-order valence-electron chi connectivity index (χ4n) is 1.60. The third-order valence-corrected chi connectivity index (χ3v) is 3.47. The van der Waals surface area contributed by atoms with Crippen LogP contribution in [0, 0.1) is 0 Å². The number of rotatable bonds is 2. The zero-order valence-electron chi connectivity index (χ0n) is 8.74. The van der Waals surface area contributed by atoms with Gasteiger partial charge in [0, 0.05) is 23.6 Å². The topological polar surface area (TPSA) is 43.8 Å². The zero-order valence-corrected chi connectivity index (χ0v) is 11.1. The fourth-order valence-corrected chi connectivity index (χ4v) is 2.35. The molecule has 84 valence electrons. The van der Waals surface area contributed by atoms with Gasteiger partial charge in [0.2, 0.25) is 0 Å². The van der Waals surface area contributed by atoms with Crippen molar-refractivity contribution in [2.75, 3.05) is 0 Å². The summed E-state index contributed by atoms with van der Waals surface area (Å²) in [4.78, 5) is 4.33. The second kappa shape index (κ2) is 4.57. The molecule has 0 saturated heterocycles. The van der Waals surface area contributed by atoms with E-state index in [0.717, 1.165) is 21.6 Å². The van der Waals surface area contributed by atoms with Gasteiger partial charge in [0.15, 0.2) is 5.15 Å². The van der Waals surface area contributed by atoms with E-state index in [1.54, 1.807) is 0 Å². The molecule has 1 aromatic carbocycles. The molecule has 0 spiro atoms. The molecule has 0 bridgehead atoms. The molecule has 0 atom stereocenters. The average Bonchev–Trinajstić information content (AvgIpc) is 2.55. The molecular formula is C11H11BrClN3. The molecule has 1 aromatic heterocycles. The van der Waals surface area contributed by atoms with Crippen molar-refractivity contribution >= 4 is 27.5 Å². The first-order chi connectivity index (χ1) is 7.65. The standard InChI is InChI=1S/C11H11BrClN3/c1-16-9(6-14)10(13)15-11(16)7-4-2-3-5-8(7)12/h2-5H,6,14H2,1H3. The fraction of sp³-hybridized carbons (Fsp3) is 0.182. The van der Waals surface area contributed by atoms with E-state index >= 15 is 0 Å². The van der Waals surface area contributed by atoms with Crippen molar-refractivity contribution in [1.82, 2.24) is 9.55 Å². The van der Waals surface area contributed by atoms with Gasteiger partial charge in [0.05, 0.1) is 5.69 Å². The maximum absolute atomic E-state index is 6.03. The number of benzene rings is 1. The van der Waals surface area contributed by atoms with Crippen LogP contribution in [0.3, 0.4) is 0 Å². The molecule has 3 nitrogen and oxygen atoms in total. The maximum atomic E-state index is 6.03. The summed E-state index contributed by atoms with van der Waals surface area (Å²) in [5.41, 5.74) is 7.47. The van der Waals surface area contributed by atoms with Gasteiger partial charge in [-0.25, -0.2) is 4.98 Å². The monoisotopic (exact) mass is 299 g/mol. The Labute approximate surface area is 107 Å². The summed E-state index contributed by atoms with van der Waals surface area (Å²) in [6.07, 6.45) is 0. The highest BCUT2D eigenvalue weighted by molar-refractivity contribution is 9.10. The Kier molecular flexibility index (Phi) is 3.33.